The fourth-order valence-corrected chi connectivity index (χ4v) is 3.26. The van der Waals surface area contributed by atoms with Crippen molar-refractivity contribution in [3.63, 3.8) is 0 Å². The first-order valence-corrected chi connectivity index (χ1v) is 6.60. The topological polar surface area (TPSA) is 72.2 Å². The van der Waals surface area contributed by atoms with Crippen LogP contribution in [0, 0.1) is 0 Å². The number of nitrogens with two attached hydrogens (primary N) is 1. The van der Waals surface area contributed by atoms with E-state index in [0.29, 0.717) is 18.1 Å². The Labute approximate surface area is 79.8 Å². The van der Waals surface area contributed by atoms with Crippen LogP contribution in [0.25, 0.3) is 0 Å². The normalized spacial score (nSPS) is 27.3. The number of rotatable bonds is 4. The average Bonchev–Trinajstić information content (AvgIpc) is 2.03. The summed E-state index contributed by atoms with van der Waals surface area (Å²) in [7, 11) is -2.76. The van der Waals surface area contributed by atoms with Crippen molar-refractivity contribution in [3.8, 4) is 0 Å². The van der Waals surface area contributed by atoms with Crippen molar-refractivity contribution in [2.75, 3.05) is 24.6 Å². The van der Waals surface area contributed by atoms with Crippen molar-refractivity contribution in [3.05, 3.63) is 0 Å². The van der Waals surface area contributed by atoms with Gasteiger partial charge in [0.25, 0.3) is 0 Å². The Morgan fingerprint density at radius 2 is 2.23 bits per heavy atom. The molecule has 0 aromatic rings. The molecule has 0 aromatic carbocycles. The molecule has 0 spiro atoms. The molecule has 78 valence electrons. The van der Waals surface area contributed by atoms with Crippen molar-refractivity contribution in [2.24, 2.45) is 5.73 Å². The van der Waals surface area contributed by atoms with Crippen LogP contribution in [0.15, 0.2) is 0 Å². The SMILES string of the molecule is NCCCNC1CCCS(=O)(=O)C1. The molecule has 0 bridgehead atoms. The highest BCUT2D eigenvalue weighted by molar-refractivity contribution is 7.91. The van der Waals surface area contributed by atoms with Gasteiger partial charge in [0.05, 0.1) is 11.5 Å². The molecule has 0 amide bonds. The van der Waals surface area contributed by atoms with E-state index < -0.39 is 9.84 Å². The van der Waals surface area contributed by atoms with Crippen LogP contribution in [0.1, 0.15) is 19.3 Å². The summed E-state index contributed by atoms with van der Waals surface area (Å²) in [6, 6.07) is 0.158. The predicted octanol–water partition coefficient (Wildman–Crippen LogP) is -0.498. The minimum Gasteiger partial charge on any atom is -0.330 e. The second kappa shape index (κ2) is 4.93. The molecular weight excluding hydrogens is 188 g/mol. The Morgan fingerprint density at radius 1 is 1.46 bits per heavy atom. The van der Waals surface area contributed by atoms with Gasteiger partial charge in [-0.3, -0.25) is 0 Å². The Balaban J connectivity index is 2.27. The summed E-state index contributed by atoms with van der Waals surface area (Å²) < 4.78 is 22.5. The molecule has 1 fully saturated rings. The van der Waals surface area contributed by atoms with Crippen LogP contribution in [0.3, 0.4) is 0 Å². The zero-order chi connectivity index (χ0) is 9.73. The van der Waals surface area contributed by atoms with Crippen LogP contribution in [0.5, 0.6) is 0 Å². The lowest BCUT2D eigenvalue weighted by Crippen LogP contribution is -2.40. The van der Waals surface area contributed by atoms with Crippen molar-refractivity contribution >= 4 is 9.84 Å². The molecule has 0 aromatic heterocycles. The van der Waals surface area contributed by atoms with Crippen molar-refractivity contribution in [1.29, 1.82) is 0 Å². The summed E-state index contributed by atoms with van der Waals surface area (Å²) in [6.07, 6.45) is 2.68. The maximum Gasteiger partial charge on any atom is 0.151 e. The summed E-state index contributed by atoms with van der Waals surface area (Å²) in [5.74, 6) is 0.666. The van der Waals surface area contributed by atoms with E-state index in [2.05, 4.69) is 5.32 Å². The smallest absolute Gasteiger partial charge is 0.151 e. The van der Waals surface area contributed by atoms with Crippen LogP contribution < -0.4 is 11.1 Å². The third kappa shape index (κ3) is 4.06. The molecule has 0 aliphatic carbocycles. The van der Waals surface area contributed by atoms with Gasteiger partial charge in [-0.1, -0.05) is 0 Å². The molecule has 1 rings (SSSR count). The van der Waals surface area contributed by atoms with Gasteiger partial charge in [0.1, 0.15) is 0 Å². The Hall–Kier alpha value is -0.130. The molecule has 1 heterocycles. The zero-order valence-corrected chi connectivity index (χ0v) is 8.65. The lowest BCUT2D eigenvalue weighted by molar-refractivity contribution is 0.478. The van der Waals surface area contributed by atoms with Gasteiger partial charge in [0.15, 0.2) is 9.84 Å². The highest BCUT2D eigenvalue weighted by Crippen LogP contribution is 2.11. The minimum atomic E-state index is -2.76. The van der Waals surface area contributed by atoms with E-state index in [4.69, 9.17) is 5.73 Å². The molecule has 3 N–H and O–H groups in total. The van der Waals surface area contributed by atoms with Gasteiger partial charge in [0.2, 0.25) is 0 Å². The maximum atomic E-state index is 11.2. The summed E-state index contributed by atoms with van der Waals surface area (Å²) in [6.45, 7) is 1.49. The third-order valence-electron chi connectivity index (χ3n) is 2.28. The summed E-state index contributed by atoms with van der Waals surface area (Å²) >= 11 is 0. The van der Waals surface area contributed by atoms with E-state index in [-0.39, 0.29) is 6.04 Å². The summed E-state index contributed by atoms with van der Waals surface area (Å²) in [5.41, 5.74) is 5.34. The Kier molecular flexibility index (Phi) is 4.15. The average molecular weight is 206 g/mol. The second-order valence-corrected chi connectivity index (χ2v) is 5.78. The fourth-order valence-electron chi connectivity index (χ4n) is 1.59. The largest absolute Gasteiger partial charge is 0.330 e. The van der Waals surface area contributed by atoms with Crippen LogP contribution in [-0.4, -0.2) is 39.1 Å². The Bertz CT molecular complexity index is 239. The molecule has 1 unspecified atom stereocenters. The monoisotopic (exact) mass is 206 g/mol. The van der Waals surface area contributed by atoms with Crippen molar-refractivity contribution < 1.29 is 8.42 Å². The van der Waals surface area contributed by atoms with Gasteiger partial charge in [-0.2, -0.15) is 0 Å². The van der Waals surface area contributed by atoms with E-state index in [1.165, 1.54) is 0 Å². The predicted molar refractivity (Wildman–Crippen MR) is 53.3 cm³/mol. The second-order valence-electron chi connectivity index (χ2n) is 3.55. The molecule has 1 saturated heterocycles. The van der Waals surface area contributed by atoms with Gasteiger partial charge in [-0.15, -0.1) is 0 Å². The quantitative estimate of drug-likeness (QED) is 0.608. The fraction of sp³-hybridized carbons (Fsp3) is 1.00. The van der Waals surface area contributed by atoms with Crippen LogP contribution in [0.2, 0.25) is 0 Å². The number of sulfone groups is 1. The summed E-state index contributed by atoms with van der Waals surface area (Å²) in [5, 5.41) is 3.22. The Morgan fingerprint density at radius 3 is 2.85 bits per heavy atom. The molecule has 13 heavy (non-hydrogen) atoms. The highest BCUT2D eigenvalue weighted by Gasteiger charge is 2.23. The first-order chi connectivity index (χ1) is 6.14. The molecule has 1 aliphatic rings. The third-order valence-corrected chi connectivity index (χ3v) is 4.10. The molecule has 4 nitrogen and oxygen atoms in total. The zero-order valence-electron chi connectivity index (χ0n) is 7.83. The van der Waals surface area contributed by atoms with Crippen molar-refractivity contribution in [1.82, 2.24) is 5.32 Å². The van der Waals surface area contributed by atoms with E-state index in [0.717, 1.165) is 25.8 Å². The first-order valence-electron chi connectivity index (χ1n) is 4.78. The van der Waals surface area contributed by atoms with Crippen LogP contribution >= 0.6 is 0 Å². The molecular formula is C8H18N2O2S. The number of hydrogen-bond acceptors (Lipinski definition) is 4. The molecule has 0 radical (unpaired) electrons. The number of hydrogen-bond donors (Lipinski definition) is 2. The van der Waals surface area contributed by atoms with E-state index in [1.807, 2.05) is 0 Å². The summed E-state index contributed by atoms with van der Waals surface area (Å²) in [4.78, 5) is 0. The van der Waals surface area contributed by atoms with Gasteiger partial charge in [-0.05, 0) is 32.4 Å². The molecule has 5 heteroatoms. The van der Waals surface area contributed by atoms with Gasteiger partial charge in [0, 0.05) is 6.04 Å². The molecule has 1 atom stereocenters. The van der Waals surface area contributed by atoms with Gasteiger partial charge in [-0.25, -0.2) is 8.42 Å². The van der Waals surface area contributed by atoms with Crippen molar-refractivity contribution in [2.45, 2.75) is 25.3 Å². The standard InChI is InChI=1S/C8H18N2O2S/c9-4-2-5-10-8-3-1-6-13(11,12)7-8/h8,10H,1-7,9H2. The molecule has 1 aliphatic heterocycles. The lowest BCUT2D eigenvalue weighted by atomic mass is 10.2. The lowest BCUT2D eigenvalue weighted by Gasteiger charge is -2.22. The number of nitrogens with one attached hydrogen (secondary N) is 1. The first kappa shape index (κ1) is 10.9. The van der Waals surface area contributed by atoms with Gasteiger partial charge >= 0.3 is 0 Å². The minimum absolute atomic E-state index is 0.158. The van der Waals surface area contributed by atoms with Crippen LogP contribution in [0.4, 0.5) is 0 Å². The van der Waals surface area contributed by atoms with E-state index in [1.54, 1.807) is 0 Å². The van der Waals surface area contributed by atoms with E-state index in [9.17, 15) is 8.42 Å². The highest BCUT2D eigenvalue weighted by atomic mass is 32.2. The maximum absolute atomic E-state index is 11.2. The van der Waals surface area contributed by atoms with Crippen LogP contribution in [-0.2, 0) is 9.84 Å². The van der Waals surface area contributed by atoms with E-state index >= 15 is 0 Å². The van der Waals surface area contributed by atoms with Gasteiger partial charge < -0.3 is 11.1 Å². The molecule has 0 saturated carbocycles.